The average molecular weight is 419 g/mol. The Morgan fingerprint density at radius 2 is 1.89 bits per heavy atom. The highest BCUT2D eigenvalue weighted by molar-refractivity contribution is 7.89. The van der Waals surface area contributed by atoms with Gasteiger partial charge in [0.1, 0.15) is 5.01 Å². The van der Waals surface area contributed by atoms with Crippen LogP contribution < -0.4 is 0 Å². The Morgan fingerprint density at radius 3 is 2.57 bits per heavy atom. The van der Waals surface area contributed by atoms with Crippen LogP contribution in [0.15, 0.2) is 52.7 Å². The first kappa shape index (κ1) is 20.4. The molecule has 0 fully saturated rings. The number of carbonyl (C=O) groups is 1. The van der Waals surface area contributed by atoms with Gasteiger partial charge in [0.05, 0.1) is 18.0 Å². The predicted molar refractivity (Wildman–Crippen MR) is 110 cm³/mol. The summed E-state index contributed by atoms with van der Waals surface area (Å²) in [6.45, 7) is 5.72. The molecule has 0 radical (unpaired) electrons. The molecule has 0 aliphatic rings. The fraction of sp³-hybridized carbons (Fsp3) is 0.300. The van der Waals surface area contributed by atoms with Gasteiger partial charge in [-0.15, -0.1) is 11.3 Å². The number of thiazole rings is 1. The first-order valence-corrected chi connectivity index (χ1v) is 11.3. The molecule has 2 aromatic carbocycles. The summed E-state index contributed by atoms with van der Waals surface area (Å²) in [4.78, 5) is 16.3. The first-order chi connectivity index (χ1) is 13.3. The molecule has 0 unspecified atom stereocenters. The van der Waals surface area contributed by atoms with Crippen LogP contribution >= 0.6 is 11.3 Å². The largest absolute Gasteiger partial charge is 0.461 e. The Kier molecular flexibility index (Phi) is 6.12. The van der Waals surface area contributed by atoms with Crippen LogP contribution in [-0.4, -0.2) is 36.3 Å². The molecule has 0 aliphatic carbocycles. The van der Waals surface area contributed by atoms with Crippen molar-refractivity contribution in [3.8, 4) is 0 Å². The van der Waals surface area contributed by atoms with Crippen molar-refractivity contribution in [1.29, 1.82) is 0 Å². The van der Waals surface area contributed by atoms with E-state index in [-0.39, 0.29) is 29.8 Å². The van der Waals surface area contributed by atoms with Crippen molar-refractivity contribution in [3.63, 3.8) is 0 Å². The van der Waals surface area contributed by atoms with Gasteiger partial charge in [-0.25, -0.2) is 18.2 Å². The number of ether oxygens (including phenoxy) is 1. The number of benzene rings is 2. The molecule has 1 aromatic heterocycles. The third-order valence-corrected chi connectivity index (χ3v) is 7.08. The Bertz CT molecular complexity index is 1090. The minimum Gasteiger partial charge on any atom is -0.461 e. The number of nitrogens with zero attached hydrogens (tertiary/aromatic N) is 2. The van der Waals surface area contributed by atoms with E-state index in [4.69, 9.17) is 4.74 Å². The second-order valence-corrected chi connectivity index (χ2v) is 9.33. The van der Waals surface area contributed by atoms with Gasteiger partial charge in [0.2, 0.25) is 10.0 Å². The van der Waals surface area contributed by atoms with E-state index in [1.807, 2.05) is 44.2 Å². The first-order valence-electron chi connectivity index (χ1n) is 8.95. The number of sulfonamides is 1. The van der Waals surface area contributed by atoms with Crippen molar-refractivity contribution in [1.82, 2.24) is 9.29 Å². The highest BCUT2D eigenvalue weighted by Crippen LogP contribution is 2.25. The lowest BCUT2D eigenvalue weighted by Gasteiger charge is -2.25. The molecule has 148 valence electrons. The summed E-state index contributed by atoms with van der Waals surface area (Å²) in [5, 5.41) is 3.98. The number of hydrogen-bond donors (Lipinski definition) is 0. The van der Waals surface area contributed by atoms with Crippen LogP contribution in [0.5, 0.6) is 0 Å². The van der Waals surface area contributed by atoms with Crippen molar-refractivity contribution in [3.05, 3.63) is 58.5 Å². The Hall–Kier alpha value is -2.29. The number of rotatable bonds is 7. The van der Waals surface area contributed by atoms with Crippen LogP contribution in [0.25, 0.3) is 10.8 Å². The molecule has 8 heteroatoms. The van der Waals surface area contributed by atoms with Crippen molar-refractivity contribution in [2.75, 3.05) is 6.61 Å². The minimum absolute atomic E-state index is 0.0941. The maximum absolute atomic E-state index is 13.3. The van der Waals surface area contributed by atoms with Crippen molar-refractivity contribution in [2.24, 2.45) is 0 Å². The Labute approximate surface area is 168 Å². The number of aromatic nitrogens is 1. The molecule has 1 heterocycles. The van der Waals surface area contributed by atoms with Crippen molar-refractivity contribution >= 4 is 38.1 Å². The second-order valence-electron chi connectivity index (χ2n) is 6.50. The van der Waals surface area contributed by atoms with Gasteiger partial charge in [-0.05, 0) is 43.7 Å². The van der Waals surface area contributed by atoms with Crippen molar-refractivity contribution in [2.45, 2.75) is 38.3 Å². The minimum atomic E-state index is -3.73. The standard InChI is InChI=1S/C20H22N2O4S2/c1-4-26-20(23)18-13-27-19(21-18)12-22(14(2)3)28(24,25)17-10-9-15-7-5-6-8-16(15)11-17/h5-11,13-14H,4,12H2,1-3H3. The quantitative estimate of drug-likeness (QED) is 0.541. The van der Waals surface area contributed by atoms with E-state index in [1.165, 1.54) is 15.6 Å². The highest BCUT2D eigenvalue weighted by Gasteiger charge is 2.28. The Balaban J connectivity index is 1.91. The normalized spacial score (nSPS) is 12.0. The molecule has 28 heavy (non-hydrogen) atoms. The van der Waals surface area contributed by atoms with E-state index in [0.29, 0.717) is 5.01 Å². The molecule has 0 atom stereocenters. The van der Waals surface area contributed by atoms with Crippen molar-refractivity contribution < 1.29 is 17.9 Å². The molecule has 6 nitrogen and oxygen atoms in total. The lowest BCUT2D eigenvalue weighted by atomic mass is 10.1. The number of fused-ring (bicyclic) bond motifs is 1. The van der Waals surface area contributed by atoms with Gasteiger partial charge in [-0.3, -0.25) is 0 Å². The molecule has 0 saturated carbocycles. The third kappa shape index (κ3) is 4.24. The lowest BCUT2D eigenvalue weighted by molar-refractivity contribution is 0.0520. The molecule has 3 rings (SSSR count). The van der Waals surface area contributed by atoms with Crippen LogP contribution in [0.4, 0.5) is 0 Å². The van der Waals surface area contributed by atoms with Gasteiger partial charge < -0.3 is 4.74 Å². The van der Waals surface area contributed by atoms with E-state index < -0.39 is 16.0 Å². The van der Waals surface area contributed by atoms with E-state index in [1.54, 1.807) is 24.4 Å². The topological polar surface area (TPSA) is 76.6 Å². The second kappa shape index (κ2) is 8.38. The summed E-state index contributed by atoms with van der Waals surface area (Å²) in [5.41, 5.74) is 0.202. The summed E-state index contributed by atoms with van der Waals surface area (Å²) in [5.74, 6) is -0.501. The van der Waals surface area contributed by atoms with Gasteiger partial charge in [0.15, 0.2) is 5.69 Å². The average Bonchev–Trinajstić information content (AvgIpc) is 3.14. The Morgan fingerprint density at radius 1 is 1.18 bits per heavy atom. The number of carbonyl (C=O) groups excluding carboxylic acids is 1. The van der Waals surface area contributed by atoms with Gasteiger partial charge in [-0.2, -0.15) is 4.31 Å². The number of esters is 1. The van der Waals surface area contributed by atoms with E-state index in [0.717, 1.165) is 10.8 Å². The third-order valence-electron chi connectivity index (χ3n) is 4.23. The smallest absolute Gasteiger partial charge is 0.357 e. The summed E-state index contributed by atoms with van der Waals surface area (Å²) >= 11 is 1.25. The van der Waals surface area contributed by atoms with Gasteiger partial charge in [-0.1, -0.05) is 30.3 Å². The molecule has 0 amide bonds. The summed E-state index contributed by atoms with van der Waals surface area (Å²) < 4.78 is 32.9. The monoisotopic (exact) mass is 418 g/mol. The van der Waals surface area contributed by atoms with Crippen LogP contribution in [0.1, 0.15) is 36.3 Å². The summed E-state index contributed by atoms with van der Waals surface area (Å²) in [7, 11) is -3.73. The van der Waals surface area contributed by atoms with E-state index in [2.05, 4.69) is 4.98 Å². The zero-order valence-corrected chi connectivity index (χ0v) is 17.6. The fourth-order valence-electron chi connectivity index (χ4n) is 2.82. The lowest BCUT2D eigenvalue weighted by Crippen LogP contribution is -2.36. The van der Waals surface area contributed by atoms with Gasteiger partial charge in [0, 0.05) is 11.4 Å². The summed E-state index contributed by atoms with van der Waals surface area (Å²) in [6.07, 6.45) is 0. The van der Waals surface area contributed by atoms with Crippen LogP contribution in [0.3, 0.4) is 0 Å². The molecule has 0 saturated heterocycles. The zero-order valence-electron chi connectivity index (χ0n) is 16.0. The van der Waals surface area contributed by atoms with Gasteiger partial charge in [0.25, 0.3) is 0 Å². The molecule has 0 aliphatic heterocycles. The molecular weight excluding hydrogens is 396 g/mol. The molecule has 0 bridgehead atoms. The van der Waals surface area contributed by atoms with Crippen LogP contribution in [-0.2, 0) is 21.3 Å². The summed E-state index contributed by atoms with van der Waals surface area (Å²) in [6, 6.07) is 12.5. The highest BCUT2D eigenvalue weighted by atomic mass is 32.2. The SMILES string of the molecule is CCOC(=O)c1csc(CN(C(C)C)S(=O)(=O)c2ccc3ccccc3c2)n1. The van der Waals surface area contributed by atoms with E-state index in [9.17, 15) is 13.2 Å². The van der Waals surface area contributed by atoms with E-state index >= 15 is 0 Å². The maximum Gasteiger partial charge on any atom is 0.357 e. The van der Waals surface area contributed by atoms with Gasteiger partial charge >= 0.3 is 5.97 Å². The number of hydrogen-bond acceptors (Lipinski definition) is 6. The van der Waals surface area contributed by atoms with Crippen LogP contribution in [0.2, 0.25) is 0 Å². The maximum atomic E-state index is 13.3. The van der Waals surface area contributed by atoms with Crippen LogP contribution in [0, 0.1) is 0 Å². The molecule has 3 aromatic rings. The fourth-order valence-corrected chi connectivity index (χ4v) is 5.30. The molecule has 0 spiro atoms. The molecular formula is C20H22N2O4S2. The predicted octanol–water partition coefficient (Wildman–Crippen LogP) is 4.07. The molecule has 0 N–H and O–H groups in total. The zero-order chi connectivity index (χ0) is 20.3.